The van der Waals surface area contributed by atoms with Crippen LogP contribution in [0.25, 0.3) is 0 Å². The van der Waals surface area contributed by atoms with Gasteiger partial charge in [-0.15, -0.1) is 0 Å². The van der Waals surface area contributed by atoms with Gasteiger partial charge in [0, 0.05) is 29.2 Å². The van der Waals surface area contributed by atoms with E-state index in [-0.39, 0.29) is 23.2 Å². The minimum absolute atomic E-state index is 0.0779. The Bertz CT molecular complexity index is 1930. The number of halogens is 1. The van der Waals surface area contributed by atoms with Crippen molar-refractivity contribution in [3.8, 4) is 11.5 Å². The van der Waals surface area contributed by atoms with Crippen molar-refractivity contribution < 1.29 is 31.8 Å². The molecular weight excluding hydrogens is 668 g/mol. The van der Waals surface area contributed by atoms with E-state index in [2.05, 4.69) is 10.3 Å². The predicted molar refractivity (Wildman–Crippen MR) is 185 cm³/mol. The van der Waals surface area contributed by atoms with Crippen LogP contribution in [0.15, 0.2) is 82.4 Å². The van der Waals surface area contributed by atoms with E-state index >= 15 is 4.79 Å². The molecule has 0 saturated carbocycles. The molecule has 3 atom stereocenters. The molecule has 1 saturated heterocycles. The molecule has 49 heavy (non-hydrogen) atoms. The molecule has 0 radical (unpaired) electrons. The van der Waals surface area contributed by atoms with E-state index in [0.717, 1.165) is 16.4 Å². The van der Waals surface area contributed by atoms with Gasteiger partial charge in [0.05, 0.1) is 48.7 Å². The van der Waals surface area contributed by atoms with Crippen LogP contribution in [0.1, 0.15) is 62.7 Å². The lowest BCUT2D eigenvalue weighted by Gasteiger charge is -2.41. The summed E-state index contributed by atoms with van der Waals surface area (Å²) < 4.78 is 53.9. The number of likely N-dealkylation sites (tertiary alicyclic amines) is 1. The smallest absolute Gasteiger partial charge is 0.271 e. The van der Waals surface area contributed by atoms with E-state index in [4.69, 9.17) is 30.2 Å². The van der Waals surface area contributed by atoms with E-state index in [0.29, 0.717) is 46.5 Å². The van der Waals surface area contributed by atoms with E-state index in [1.807, 2.05) is 44.7 Å². The zero-order valence-corrected chi connectivity index (χ0v) is 30.0. The van der Waals surface area contributed by atoms with Gasteiger partial charge in [-0.2, -0.15) is 0 Å². The number of ether oxygens (including phenoxy) is 3. The molecule has 2 aliphatic rings. The summed E-state index contributed by atoms with van der Waals surface area (Å²) in [6, 6.07) is 15.8. The maximum Gasteiger partial charge on any atom is 0.271 e. The number of nitrogens with one attached hydrogen (secondary N) is 1. The number of anilines is 1. The third-order valence-electron chi connectivity index (χ3n) is 8.84. The fourth-order valence-electron chi connectivity index (χ4n) is 6.93. The quantitative estimate of drug-likeness (QED) is 0.197. The van der Waals surface area contributed by atoms with Gasteiger partial charge in [-0.3, -0.25) is 9.69 Å². The van der Waals surface area contributed by atoms with Crippen molar-refractivity contribution in [2.24, 2.45) is 0 Å². The van der Waals surface area contributed by atoms with Crippen LogP contribution in [0.2, 0.25) is 5.02 Å². The Balaban J connectivity index is 1.67. The molecule has 0 aliphatic carbocycles. The number of oxazole rings is 1. The second-order valence-corrected chi connectivity index (χ2v) is 15.3. The zero-order chi connectivity index (χ0) is 35.1. The Morgan fingerprint density at radius 3 is 2.43 bits per heavy atom. The van der Waals surface area contributed by atoms with Gasteiger partial charge in [0.15, 0.2) is 5.54 Å². The minimum Gasteiger partial charge on any atom is -0.497 e. The molecule has 1 amide bonds. The second-order valence-electron chi connectivity index (χ2n) is 13.1. The van der Waals surface area contributed by atoms with Crippen LogP contribution < -0.4 is 19.1 Å². The number of rotatable bonds is 11. The number of fused-ring (bicyclic) bond motifs is 1. The SMILES string of the molecule is CCNCc1ccc(OC)c(C2(N3C[C@H](OC(C)(C)C)C[C@H]3c3ncco3)C(=O)N(S(=O)(=O)c3ccc(OC)cc3)c3ccc(Cl)cc32)c1. The number of sulfonamides is 1. The molecule has 4 aromatic rings. The van der Waals surface area contributed by atoms with Crippen LogP contribution in [-0.2, 0) is 31.6 Å². The highest BCUT2D eigenvalue weighted by Gasteiger charge is 2.64. The van der Waals surface area contributed by atoms with Crippen molar-refractivity contribution in [2.75, 3.05) is 31.6 Å². The summed E-state index contributed by atoms with van der Waals surface area (Å²) in [6.45, 7) is 9.38. The Kier molecular flexibility index (Phi) is 9.55. The first-order valence-corrected chi connectivity index (χ1v) is 17.9. The van der Waals surface area contributed by atoms with Gasteiger partial charge in [0.1, 0.15) is 17.8 Å². The summed E-state index contributed by atoms with van der Waals surface area (Å²) in [5.74, 6) is 0.531. The van der Waals surface area contributed by atoms with Crippen molar-refractivity contribution in [3.63, 3.8) is 0 Å². The van der Waals surface area contributed by atoms with E-state index in [9.17, 15) is 8.42 Å². The largest absolute Gasteiger partial charge is 0.497 e. The van der Waals surface area contributed by atoms with Gasteiger partial charge in [-0.1, -0.05) is 24.6 Å². The topological polar surface area (TPSA) is 123 Å². The Labute approximate surface area is 292 Å². The number of carbonyl (C=O) groups excluding carboxylic acids is 1. The highest BCUT2D eigenvalue weighted by Crippen LogP contribution is 2.57. The number of methoxy groups -OCH3 is 2. The second kappa shape index (κ2) is 13.4. The molecule has 1 aromatic heterocycles. The van der Waals surface area contributed by atoms with Crippen LogP contribution in [-0.4, -0.2) is 63.2 Å². The Morgan fingerprint density at radius 2 is 1.80 bits per heavy atom. The average molecular weight is 709 g/mol. The van der Waals surface area contributed by atoms with E-state index < -0.39 is 33.1 Å². The van der Waals surface area contributed by atoms with Gasteiger partial charge in [0.2, 0.25) is 5.89 Å². The maximum atomic E-state index is 15.7. The maximum absolute atomic E-state index is 15.7. The molecule has 6 rings (SSSR count). The molecule has 3 aromatic carbocycles. The van der Waals surface area contributed by atoms with Crippen molar-refractivity contribution in [1.82, 2.24) is 15.2 Å². The number of aromatic nitrogens is 1. The van der Waals surface area contributed by atoms with Gasteiger partial charge >= 0.3 is 0 Å². The van der Waals surface area contributed by atoms with Crippen molar-refractivity contribution in [3.05, 3.63) is 101 Å². The molecule has 1 unspecified atom stereocenters. The van der Waals surface area contributed by atoms with Gasteiger partial charge < -0.3 is 23.9 Å². The number of hydrogen-bond acceptors (Lipinski definition) is 10. The Morgan fingerprint density at radius 1 is 1.04 bits per heavy atom. The molecule has 13 heteroatoms. The van der Waals surface area contributed by atoms with E-state index in [1.54, 1.807) is 42.6 Å². The van der Waals surface area contributed by atoms with Crippen molar-refractivity contribution in [1.29, 1.82) is 0 Å². The molecule has 3 heterocycles. The average Bonchev–Trinajstić information content (AvgIpc) is 3.80. The third-order valence-corrected chi connectivity index (χ3v) is 10.8. The molecule has 1 N–H and O–H groups in total. The minimum atomic E-state index is -4.47. The first-order valence-electron chi connectivity index (χ1n) is 16.1. The highest BCUT2D eigenvalue weighted by atomic mass is 35.5. The molecule has 11 nitrogen and oxygen atoms in total. The first-order chi connectivity index (χ1) is 23.3. The van der Waals surface area contributed by atoms with Crippen molar-refractivity contribution in [2.45, 2.75) is 68.8 Å². The van der Waals surface area contributed by atoms with Crippen LogP contribution in [0.4, 0.5) is 5.69 Å². The number of amides is 1. The normalized spacial score (nSPS) is 21.3. The Hall–Kier alpha value is -3.94. The zero-order valence-electron chi connectivity index (χ0n) is 28.4. The lowest BCUT2D eigenvalue weighted by molar-refractivity contribution is -0.128. The van der Waals surface area contributed by atoms with Crippen LogP contribution in [0.5, 0.6) is 11.5 Å². The molecule has 0 bridgehead atoms. The number of benzene rings is 3. The monoisotopic (exact) mass is 708 g/mol. The molecule has 1 fully saturated rings. The standard InChI is InChI=1S/C36H41ClN4O7S/c1-7-38-21-23-8-15-32(46-6)29(18-23)36(40-22-26(48-35(2,3)4)20-31(40)33-39-16-17-47-33)28-19-24(37)9-14-30(28)41(34(36)42)49(43,44)27-12-10-25(45-5)11-13-27/h8-19,26,31,38H,7,20-22H2,1-6H3/t26-,31+,36?/m1/s1. The number of carbonyl (C=O) groups is 1. The number of hydrogen-bond donors (Lipinski definition) is 1. The van der Waals surface area contributed by atoms with E-state index in [1.165, 1.54) is 32.6 Å². The number of nitrogens with zero attached hydrogens (tertiary/aromatic N) is 3. The molecule has 260 valence electrons. The molecular formula is C36H41ClN4O7S. The van der Waals surface area contributed by atoms with Gasteiger partial charge in [-0.25, -0.2) is 17.7 Å². The summed E-state index contributed by atoms with van der Waals surface area (Å²) in [5, 5.41) is 3.68. The van der Waals surface area contributed by atoms with Crippen molar-refractivity contribution >= 4 is 33.2 Å². The van der Waals surface area contributed by atoms with Crippen LogP contribution in [0, 0.1) is 0 Å². The van der Waals surface area contributed by atoms with Crippen LogP contribution >= 0.6 is 11.6 Å². The fourth-order valence-corrected chi connectivity index (χ4v) is 8.57. The summed E-state index contributed by atoms with van der Waals surface area (Å²) in [4.78, 5) is 22.1. The summed E-state index contributed by atoms with van der Waals surface area (Å²) >= 11 is 6.72. The lowest BCUT2D eigenvalue weighted by atomic mass is 9.80. The summed E-state index contributed by atoms with van der Waals surface area (Å²) in [6.07, 6.45) is 3.09. The van der Waals surface area contributed by atoms with Gasteiger partial charge in [-0.05, 0) is 93.9 Å². The third kappa shape index (κ3) is 6.21. The summed E-state index contributed by atoms with van der Waals surface area (Å²) in [5.41, 5.74) is -0.394. The predicted octanol–water partition coefficient (Wildman–Crippen LogP) is 6.06. The van der Waals surface area contributed by atoms with Gasteiger partial charge in [0.25, 0.3) is 15.9 Å². The summed E-state index contributed by atoms with van der Waals surface area (Å²) in [7, 11) is -1.44. The highest BCUT2D eigenvalue weighted by molar-refractivity contribution is 7.93. The lowest BCUT2D eigenvalue weighted by Crippen LogP contribution is -2.55. The first kappa shape index (κ1) is 34.9. The molecule has 0 spiro atoms. The fraction of sp³-hybridized carbons (Fsp3) is 0.389. The van der Waals surface area contributed by atoms with Crippen LogP contribution in [0.3, 0.4) is 0 Å². The molecule has 2 aliphatic heterocycles.